The van der Waals surface area contributed by atoms with E-state index in [1.165, 1.54) is 23.5 Å². The van der Waals surface area contributed by atoms with Crippen molar-refractivity contribution in [1.29, 1.82) is 0 Å². The van der Waals surface area contributed by atoms with Crippen LogP contribution in [0.15, 0.2) is 29.8 Å². The zero-order valence-corrected chi connectivity index (χ0v) is 10.2. The monoisotopic (exact) mass is 252 g/mol. The highest BCUT2D eigenvalue weighted by Gasteiger charge is 2.13. The molecule has 0 amide bonds. The Bertz CT molecular complexity index is 467. The first-order valence-electron chi connectivity index (χ1n) is 5.23. The molecule has 0 radical (unpaired) electrons. The molecule has 3 nitrogen and oxygen atoms in total. The van der Waals surface area contributed by atoms with E-state index in [1.54, 1.807) is 6.20 Å². The van der Waals surface area contributed by atoms with Crippen LogP contribution in [-0.2, 0) is 0 Å². The second-order valence-electron chi connectivity index (χ2n) is 3.77. The Balaban J connectivity index is 2.18. The van der Waals surface area contributed by atoms with Crippen LogP contribution < -0.4 is 5.32 Å². The van der Waals surface area contributed by atoms with Gasteiger partial charge in [0.15, 0.2) is 0 Å². The largest absolute Gasteiger partial charge is 0.394 e. The molecule has 2 N–H and O–H groups in total. The average Bonchev–Trinajstić information content (AvgIpc) is 2.77. The molecule has 0 fully saturated rings. The second-order valence-corrected chi connectivity index (χ2v) is 4.69. The number of halogens is 1. The third-order valence-electron chi connectivity index (χ3n) is 2.32. The molecule has 90 valence electrons. The SMILES string of the molecule is Cc1cc(F)cc(NC(CO)c2nccs2)c1. The van der Waals surface area contributed by atoms with Crippen molar-refractivity contribution < 1.29 is 9.50 Å². The molecular formula is C12H13FN2OS. The van der Waals surface area contributed by atoms with Crippen molar-refractivity contribution in [2.45, 2.75) is 13.0 Å². The molecule has 1 atom stereocenters. The summed E-state index contributed by atoms with van der Waals surface area (Å²) in [5.74, 6) is -0.289. The first kappa shape index (κ1) is 12.0. The summed E-state index contributed by atoms with van der Waals surface area (Å²) in [6.07, 6.45) is 1.68. The molecule has 0 bridgehead atoms. The Kier molecular flexibility index (Phi) is 3.71. The minimum atomic E-state index is -0.295. The Labute approximate surface area is 103 Å². The first-order chi connectivity index (χ1) is 8.19. The highest BCUT2D eigenvalue weighted by atomic mass is 32.1. The third kappa shape index (κ3) is 3.01. The van der Waals surface area contributed by atoms with Crippen LogP contribution >= 0.6 is 11.3 Å². The maximum absolute atomic E-state index is 13.2. The number of thiazole rings is 1. The molecule has 1 aromatic carbocycles. The first-order valence-corrected chi connectivity index (χ1v) is 6.11. The van der Waals surface area contributed by atoms with E-state index >= 15 is 0 Å². The van der Waals surface area contributed by atoms with Gasteiger partial charge in [0.2, 0.25) is 0 Å². The molecule has 0 saturated heterocycles. The molecule has 17 heavy (non-hydrogen) atoms. The van der Waals surface area contributed by atoms with Gasteiger partial charge in [0.25, 0.3) is 0 Å². The molecule has 0 aliphatic rings. The van der Waals surface area contributed by atoms with Gasteiger partial charge in [-0.15, -0.1) is 11.3 Å². The van der Waals surface area contributed by atoms with E-state index in [1.807, 2.05) is 18.4 Å². The van der Waals surface area contributed by atoms with Gasteiger partial charge in [-0.25, -0.2) is 9.37 Å². The fourth-order valence-corrected chi connectivity index (χ4v) is 2.29. The second kappa shape index (κ2) is 5.25. The van der Waals surface area contributed by atoms with Crippen molar-refractivity contribution in [1.82, 2.24) is 4.98 Å². The molecule has 0 aliphatic heterocycles. The Morgan fingerprint density at radius 1 is 1.47 bits per heavy atom. The van der Waals surface area contributed by atoms with Gasteiger partial charge in [-0.05, 0) is 30.7 Å². The van der Waals surface area contributed by atoms with Crippen molar-refractivity contribution >= 4 is 17.0 Å². The van der Waals surface area contributed by atoms with Gasteiger partial charge < -0.3 is 10.4 Å². The zero-order chi connectivity index (χ0) is 12.3. The maximum atomic E-state index is 13.2. The normalized spacial score (nSPS) is 12.4. The Morgan fingerprint density at radius 3 is 2.88 bits per heavy atom. The van der Waals surface area contributed by atoms with E-state index in [0.717, 1.165) is 10.6 Å². The Hall–Kier alpha value is -1.46. The van der Waals surface area contributed by atoms with Gasteiger partial charge in [0.1, 0.15) is 16.9 Å². The van der Waals surface area contributed by atoms with Crippen molar-refractivity contribution in [3.63, 3.8) is 0 Å². The summed E-state index contributed by atoms with van der Waals surface area (Å²) in [6, 6.07) is 4.40. The molecule has 2 aromatic rings. The molecule has 0 spiro atoms. The summed E-state index contributed by atoms with van der Waals surface area (Å²) in [5.41, 5.74) is 1.49. The number of rotatable bonds is 4. The molecule has 1 unspecified atom stereocenters. The number of aliphatic hydroxyl groups is 1. The number of benzene rings is 1. The lowest BCUT2D eigenvalue weighted by Gasteiger charge is -2.15. The van der Waals surface area contributed by atoms with Crippen LogP contribution in [0.4, 0.5) is 10.1 Å². The lowest BCUT2D eigenvalue weighted by atomic mass is 10.2. The quantitative estimate of drug-likeness (QED) is 0.879. The number of nitrogens with one attached hydrogen (secondary N) is 1. The summed E-state index contributed by atoms with van der Waals surface area (Å²) in [4.78, 5) is 4.13. The van der Waals surface area contributed by atoms with Crippen LogP contribution in [-0.4, -0.2) is 16.7 Å². The number of anilines is 1. The number of aryl methyl sites for hydroxylation is 1. The van der Waals surface area contributed by atoms with Gasteiger partial charge in [-0.1, -0.05) is 0 Å². The van der Waals surface area contributed by atoms with Crippen LogP contribution in [0.2, 0.25) is 0 Å². The van der Waals surface area contributed by atoms with Gasteiger partial charge in [-0.3, -0.25) is 0 Å². The Morgan fingerprint density at radius 2 is 2.29 bits per heavy atom. The van der Waals surface area contributed by atoms with Crippen molar-refractivity contribution in [2.75, 3.05) is 11.9 Å². The summed E-state index contributed by atoms with van der Waals surface area (Å²) < 4.78 is 13.2. The average molecular weight is 252 g/mol. The predicted molar refractivity (Wildman–Crippen MR) is 66.7 cm³/mol. The fourth-order valence-electron chi connectivity index (χ4n) is 1.61. The molecule has 2 rings (SSSR count). The fraction of sp³-hybridized carbons (Fsp3) is 0.250. The summed E-state index contributed by atoms with van der Waals surface area (Å²) in [5, 5.41) is 15.0. The van der Waals surface area contributed by atoms with Crippen molar-refractivity contribution in [2.24, 2.45) is 0 Å². The van der Waals surface area contributed by atoms with E-state index < -0.39 is 0 Å². The maximum Gasteiger partial charge on any atom is 0.125 e. The van der Waals surface area contributed by atoms with Crippen LogP contribution in [0.1, 0.15) is 16.6 Å². The molecular weight excluding hydrogens is 239 g/mol. The number of nitrogens with zero attached hydrogens (tertiary/aromatic N) is 1. The van der Waals surface area contributed by atoms with Crippen molar-refractivity contribution in [3.8, 4) is 0 Å². The molecule has 5 heteroatoms. The van der Waals surface area contributed by atoms with E-state index in [2.05, 4.69) is 10.3 Å². The lowest BCUT2D eigenvalue weighted by Crippen LogP contribution is -2.14. The lowest BCUT2D eigenvalue weighted by molar-refractivity contribution is 0.276. The number of hydrogen-bond donors (Lipinski definition) is 2. The standard InChI is InChI=1S/C12H13FN2OS/c1-8-4-9(13)6-10(5-8)15-11(7-16)12-14-2-3-17-12/h2-6,11,15-16H,7H2,1H3. The number of aromatic nitrogens is 1. The molecule has 0 aliphatic carbocycles. The minimum Gasteiger partial charge on any atom is -0.394 e. The van der Waals surface area contributed by atoms with E-state index in [4.69, 9.17) is 0 Å². The zero-order valence-electron chi connectivity index (χ0n) is 9.35. The van der Waals surface area contributed by atoms with Crippen LogP contribution in [0.25, 0.3) is 0 Å². The third-order valence-corrected chi connectivity index (χ3v) is 3.20. The number of hydrogen-bond acceptors (Lipinski definition) is 4. The van der Waals surface area contributed by atoms with Gasteiger partial charge in [-0.2, -0.15) is 0 Å². The van der Waals surface area contributed by atoms with Crippen molar-refractivity contribution in [3.05, 3.63) is 46.2 Å². The van der Waals surface area contributed by atoms with E-state index in [0.29, 0.717) is 5.69 Å². The topological polar surface area (TPSA) is 45.1 Å². The smallest absolute Gasteiger partial charge is 0.125 e. The highest BCUT2D eigenvalue weighted by Crippen LogP contribution is 2.22. The molecule has 0 saturated carbocycles. The minimum absolute atomic E-state index is 0.0803. The van der Waals surface area contributed by atoms with Gasteiger partial charge in [0, 0.05) is 17.3 Å². The van der Waals surface area contributed by atoms with Crippen LogP contribution in [0.5, 0.6) is 0 Å². The van der Waals surface area contributed by atoms with Crippen LogP contribution in [0.3, 0.4) is 0 Å². The summed E-state index contributed by atoms with van der Waals surface area (Å²) in [7, 11) is 0. The summed E-state index contributed by atoms with van der Waals surface area (Å²) >= 11 is 1.46. The molecule has 1 aromatic heterocycles. The van der Waals surface area contributed by atoms with Gasteiger partial charge in [0.05, 0.1) is 6.61 Å². The van der Waals surface area contributed by atoms with E-state index in [-0.39, 0.29) is 18.5 Å². The predicted octanol–water partition coefficient (Wildman–Crippen LogP) is 2.74. The van der Waals surface area contributed by atoms with Gasteiger partial charge >= 0.3 is 0 Å². The van der Waals surface area contributed by atoms with Crippen LogP contribution in [0, 0.1) is 12.7 Å². The molecule has 1 heterocycles. The summed E-state index contributed by atoms with van der Waals surface area (Å²) in [6.45, 7) is 1.74. The highest BCUT2D eigenvalue weighted by molar-refractivity contribution is 7.09. The van der Waals surface area contributed by atoms with E-state index in [9.17, 15) is 9.50 Å². The number of aliphatic hydroxyl groups excluding tert-OH is 1.